The highest BCUT2D eigenvalue weighted by molar-refractivity contribution is 6.30. The number of hydrogen-bond donors (Lipinski definition) is 0. The van der Waals surface area contributed by atoms with Gasteiger partial charge in [0.1, 0.15) is 17.5 Å². The van der Waals surface area contributed by atoms with Crippen LogP contribution < -0.4 is 0 Å². The van der Waals surface area contributed by atoms with E-state index in [9.17, 15) is 22.0 Å². The van der Waals surface area contributed by atoms with E-state index in [1.807, 2.05) is 36.4 Å². The van der Waals surface area contributed by atoms with Crippen LogP contribution in [0.3, 0.4) is 0 Å². The molecule has 4 aliphatic carbocycles. The van der Waals surface area contributed by atoms with Crippen LogP contribution in [-0.2, 0) is 9.47 Å². The molecule has 696 valence electrons. The minimum Gasteiger partial charge on any atom is -0.376 e. The van der Waals surface area contributed by atoms with Crippen LogP contribution in [0.2, 0.25) is 5.02 Å². The van der Waals surface area contributed by atoms with Crippen LogP contribution in [0.15, 0.2) is 158 Å². The molecule has 122 heavy (non-hydrogen) atoms. The smallest absolute Gasteiger partial charge is 0.248 e. The molecule has 6 aromatic rings. The molecule has 4 fully saturated rings. The predicted molar refractivity (Wildman–Crippen MR) is 527 cm³/mol. The van der Waals surface area contributed by atoms with Crippen LogP contribution in [0.5, 0.6) is 0 Å². The zero-order valence-corrected chi connectivity index (χ0v) is 84.6. The van der Waals surface area contributed by atoms with E-state index in [-0.39, 0.29) is 36.4 Å². The van der Waals surface area contributed by atoms with Crippen molar-refractivity contribution < 1.29 is 31.4 Å². The quantitative estimate of drug-likeness (QED) is 0.0532. The van der Waals surface area contributed by atoms with Gasteiger partial charge < -0.3 is 9.47 Å². The molecule has 10 atom stereocenters. The van der Waals surface area contributed by atoms with Crippen molar-refractivity contribution in [3.8, 4) is 0 Å². The first-order chi connectivity index (χ1) is 57.5. The number of halogens is 6. The van der Waals surface area contributed by atoms with Crippen LogP contribution in [0, 0.1) is 118 Å². The van der Waals surface area contributed by atoms with Crippen LogP contribution in [0.25, 0.3) is 0 Å². The van der Waals surface area contributed by atoms with Crippen molar-refractivity contribution in [2.75, 3.05) is 7.11 Å². The lowest BCUT2D eigenvalue weighted by molar-refractivity contribution is -0.0537. The summed E-state index contributed by atoms with van der Waals surface area (Å²) in [6.45, 7) is 67.6. The average Bonchev–Trinajstić information content (AvgIpc) is 1.08. The normalized spacial score (nSPS) is 18.6. The minimum atomic E-state index is -2.37. The van der Waals surface area contributed by atoms with Gasteiger partial charge in [-0.1, -0.05) is 386 Å². The minimum absolute atomic E-state index is 0.0561. The van der Waals surface area contributed by atoms with Crippen molar-refractivity contribution in [3.05, 3.63) is 214 Å². The molecule has 8 heteroatoms. The average molecular weight is 1720 g/mol. The first-order valence-corrected chi connectivity index (χ1v) is 49.5. The second kappa shape index (κ2) is 64.0. The second-order valence-corrected chi connectivity index (χ2v) is 41.0. The number of ether oxygens (including phenoxy) is 2. The Labute approximate surface area is 756 Å². The van der Waals surface area contributed by atoms with E-state index in [0.29, 0.717) is 96.1 Å². The van der Waals surface area contributed by atoms with E-state index in [1.165, 1.54) is 155 Å². The lowest BCUT2D eigenvalue weighted by atomic mass is 9.73. The number of hydrogen-bond acceptors (Lipinski definition) is 2. The van der Waals surface area contributed by atoms with Crippen LogP contribution in [0.1, 0.15) is 412 Å². The molecule has 0 spiro atoms. The van der Waals surface area contributed by atoms with E-state index in [2.05, 4.69) is 281 Å². The van der Waals surface area contributed by atoms with Gasteiger partial charge in [0, 0.05) is 25.0 Å². The highest BCUT2D eigenvalue weighted by Crippen LogP contribution is 2.42. The fourth-order valence-corrected chi connectivity index (χ4v) is 17.6. The summed E-state index contributed by atoms with van der Waals surface area (Å²) in [6.07, 6.45) is 26.4. The Bertz CT molecular complexity index is 3250. The molecule has 10 unspecified atom stereocenters. The van der Waals surface area contributed by atoms with E-state index in [4.69, 9.17) is 21.1 Å². The summed E-state index contributed by atoms with van der Waals surface area (Å²) in [5, 5.41) is 0.822. The maximum atomic E-state index is 12.8. The maximum Gasteiger partial charge on any atom is 0.248 e. The third-order valence-corrected chi connectivity index (χ3v) is 28.3. The molecule has 0 bridgehead atoms. The third-order valence-electron chi connectivity index (χ3n) is 28.1. The Morgan fingerprint density at radius 2 is 0.615 bits per heavy atom. The van der Waals surface area contributed by atoms with Crippen LogP contribution in [-0.4, -0.2) is 25.2 Å². The van der Waals surface area contributed by atoms with Gasteiger partial charge in [0.2, 0.25) is 5.92 Å². The van der Waals surface area contributed by atoms with Gasteiger partial charge in [0.25, 0.3) is 0 Å². The molecule has 0 amide bonds. The lowest BCUT2D eigenvalue weighted by Crippen LogP contribution is -2.29. The van der Waals surface area contributed by atoms with Crippen LogP contribution >= 0.6 is 11.6 Å². The van der Waals surface area contributed by atoms with Gasteiger partial charge in [-0.05, 0) is 277 Å². The fourth-order valence-electron chi connectivity index (χ4n) is 17.5. The van der Waals surface area contributed by atoms with Crippen molar-refractivity contribution >= 4 is 11.6 Å². The Kier molecular flexibility index (Phi) is 60.4. The Hall–Kier alpha value is -4.82. The summed E-state index contributed by atoms with van der Waals surface area (Å²) in [5.41, 5.74) is 7.82. The Morgan fingerprint density at radius 1 is 0.320 bits per heavy atom. The first-order valence-electron chi connectivity index (χ1n) is 49.1. The molecule has 0 aromatic heterocycles. The molecular weight excluding hydrogens is 1530 g/mol. The monoisotopic (exact) mass is 1720 g/mol. The summed E-state index contributed by atoms with van der Waals surface area (Å²) in [4.78, 5) is 0. The summed E-state index contributed by atoms with van der Waals surface area (Å²) in [7, 11) is 1.67. The topological polar surface area (TPSA) is 18.5 Å². The summed E-state index contributed by atoms with van der Waals surface area (Å²) >= 11 is 5.84. The Balaban J connectivity index is 0.000000678. The molecule has 0 N–H and O–H groups in total. The van der Waals surface area contributed by atoms with E-state index in [0.717, 1.165) is 76.2 Å². The Morgan fingerprint density at radius 3 is 0.926 bits per heavy atom. The molecule has 4 saturated carbocycles. The molecule has 0 heterocycles. The van der Waals surface area contributed by atoms with Gasteiger partial charge in [-0.3, -0.25) is 0 Å². The van der Waals surface area contributed by atoms with Gasteiger partial charge in [0.15, 0.2) is 0 Å². The van der Waals surface area contributed by atoms with E-state index >= 15 is 0 Å². The summed E-state index contributed by atoms with van der Waals surface area (Å²) in [6, 6.07) is 49.8. The highest BCUT2D eigenvalue weighted by Gasteiger charge is 2.37. The van der Waals surface area contributed by atoms with E-state index in [1.54, 1.807) is 31.4 Å². The SMILES string of the molecule is CC(C)C(C)C1CCC(F)(F)CC1.CC(C)C(C)C1CCCCC1.CC(C)C(C)OC1CCCCC1.CC(C)C(C)c1ccc(F)cc1.CC(C)C(C)c1ccccc1.CC1CCC(C(C)C(C)C)CC1.CCC(c1ccc(Cl)cc1)C(C)C.CCC(c1ccc(F)cc1)C(C)C.CCC(c1ccccc1)C(C)C.COC(c1ccc(F)cc1)C(C)C. The molecule has 2 nitrogen and oxygen atoms in total. The molecule has 0 saturated heterocycles. The van der Waals surface area contributed by atoms with Crippen molar-refractivity contribution in [1.82, 2.24) is 0 Å². The number of methoxy groups -OCH3 is 1. The van der Waals surface area contributed by atoms with Crippen molar-refractivity contribution in [1.29, 1.82) is 0 Å². The van der Waals surface area contributed by atoms with Crippen molar-refractivity contribution in [2.24, 2.45) is 101 Å². The second-order valence-electron chi connectivity index (χ2n) is 40.5. The van der Waals surface area contributed by atoms with E-state index < -0.39 is 5.92 Å². The molecule has 10 rings (SSSR count). The van der Waals surface area contributed by atoms with Crippen molar-refractivity contribution in [3.63, 3.8) is 0 Å². The predicted octanol–water partition coefficient (Wildman–Crippen LogP) is 37.9. The fraction of sp³-hybridized carbons (Fsp3) is 0.684. The summed E-state index contributed by atoms with van der Waals surface area (Å²) < 4.78 is 74.8. The largest absolute Gasteiger partial charge is 0.376 e. The molecule has 6 aromatic carbocycles. The number of alkyl halides is 2. The lowest BCUT2D eigenvalue weighted by Gasteiger charge is -2.33. The third kappa shape index (κ3) is 47.8. The van der Waals surface area contributed by atoms with Gasteiger partial charge in [-0.25, -0.2) is 22.0 Å². The maximum absolute atomic E-state index is 12.8. The van der Waals surface area contributed by atoms with Gasteiger partial charge in [-0.2, -0.15) is 0 Å². The number of benzene rings is 6. The zero-order valence-electron chi connectivity index (χ0n) is 83.9. The highest BCUT2D eigenvalue weighted by atomic mass is 35.5. The molecule has 4 aliphatic rings. The summed E-state index contributed by atoms with van der Waals surface area (Å²) in [5.74, 6) is 13.2. The zero-order chi connectivity index (χ0) is 92.4. The first kappa shape index (κ1) is 115. The molecule has 0 aliphatic heterocycles. The van der Waals surface area contributed by atoms with Gasteiger partial charge in [0.05, 0.1) is 18.3 Å². The molecule has 0 radical (unpaired) electrons. The standard InChI is InChI=1S/C12H17Cl.C12H17F.C12H24.C12H18.C11H20F2.C11H15FO.C11H15F.C11H22O.C11H22.C11H16/c2*1-4-12(9(2)3)10-5-7-11(13)8-6-10;1-9(2)11(4)12-7-5-10(3)6-8-12;1-4-12(10(2)3)11-8-6-5-7-9-11;1-8(2)9(3)10-4-6-11(12,13)7-5-10;1-8(2)11(13-3)9-4-6-10(12)7-5-9;1-8(2)9(3)10-4-6-11(12)7-5-10;1-9(2)10(3)12-11-7-5-4-6-8-11;2*1-9(2)10(3)11-7-5-4-6-8-11/h2*5-9,12H,4H2,1-3H3;9-12H,5-8H2,1-4H3;5-10,12H,4H2,1-3H3;8-10H,4-7H2,1-3H3;4-8,11H,1-3H3;4-9H,1-3H3;9-11H,4-8H2,1-3H3;9-11H,4-8H2,1-3H3;4-10H,1-3H3. The number of rotatable bonds is 25. The van der Waals surface area contributed by atoms with Gasteiger partial charge >= 0.3 is 0 Å². The van der Waals surface area contributed by atoms with Crippen molar-refractivity contribution in [2.45, 2.75) is 396 Å². The molecular formula is C114H186ClF5O2. The van der Waals surface area contributed by atoms with Crippen LogP contribution in [0.4, 0.5) is 22.0 Å². The van der Waals surface area contributed by atoms with Gasteiger partial charge in [-0.15, -0.1) is 0 Å².